The number of methoxy groups -OCH3 is 1. The van der Waals surface area contributed by atoms with Gasteiger partial charge in [0.1, 0.15) is 0 Å². The van der Waals surface area contributed by atoms with Crippen molar-refractivity contribution in [3.63, 3.8) is 0 Å². The third kappa shape index (κ3) is 3.06. The third-order valence-electron chi connectivity index (χ3n) is 5.21. The Hall–Kier alpha value is -0.750. The molecule has 1 aliphatic carbocycles. The molecule has 120 valence electrons. The van der Waals surface area contributed by atoms with Crippen LogP contribution in [0.1, 0.15) is 32.1 Å². The molecule has 0 aromatic carbocycles. The number of hydrogen-bond donors (Lipinski definition) is 0. The van der Waals surface area contributed by atoms with Gasteiger partial charge < -0.3 is 14.4 Å². The Bertz CT molecular complexity index is 400. The maximum atomic E-state index is 12.9. The van der Waals surface area contributed by atoms with Gasteiger partial charge in [0.2, 0.25) is 11.8 Å². The molecule has 3 fully saturated rings. The second-order valence-corrected chi connectivity index (χ2v) is 6.88. The van der Waals surface area contributed by atoms with Gasteiger partial charge in [0.15, 0.2) is 0 Å². The molecular weight excluding hydrogens is 280 g/mol. The Morgan fingerprint density at radius 3 is 2.52 bits per heavy atom. The van der Waals surface area contributed by atoms with Crippen molar-refractivity contribution < 1.29 is 23.0 Å². The zero-order chi connectivity index (χ0) is 15.1. The van der Waals surface area contributed by atoms with E-state index in [4.69, 9.17) is 9.47 Å². The van der Waals surface area contributed by atoms with Crippen LogP contribution in [0.3, 0.4) is 0 Å². The van der Waals surface area contributed by atoms with Crippen LogP contribution < -0.4 is 0 Å². The van der Waals surface area contributed by atoms with Gasteiger partial charge in [-0.3, -0.25) is 4.79 Å². The predicted molar refractivity (Wildman–Crippen MR) is 72.2 cm³/mol. The molecule has 6 heteroatoms. The van der Waals surface area contributed by atoms with Crippen molar-refractivity contribution >= 4 is 5.91 Å². The number of amides is 1. The Labute approximate surface area is 123 Å². The van der Waals surface area contributed by atoms with Crippen LogP contribution in [0.5, 0.6) is 0 Å². The van der Waals surface area contributed by atoms with Crippen LogP contribution >= 0.6 is 0 Å². The van der Waals surface area contributed by atoms with Gasteiger partial charge in [-0.2, -0.15) is 0 Å². The Morgan fingerprint density at radius 1 is 1.29 bits per heavy atom. The SMILES string of the molecule is COC[C@@H]1CC2(CCN(C(=O)C3CC(F)(F)C3)CC2)CO1. The molecule has 2 saturated heterocycles. The monoisotopic (exact) mass is 303 g/mol. The summed E-state index contributed by atoms with van der Waals surface area (Å²) in [5.41, 5.74) is 0.156. The highest BCUT2D eigenvalue weighted by Gasteiger charge is 2.51. The average Bonchev–Trinajstić information content (AvgIpc) is 2.80. The molecule has 0 aromatic rings. The number of likely N-dealkylation sites (tertiary alicyclic amines) is 1. The molecule has 3 aliphatic rings. The van der Waals surface area contributed by atoms with E-state index in [1.165, 1.54) is 0 Å². The maximum Gasteiger partial charge on any atom is 0.249 e. The molecule has 0 N–H and O–H groups in total. The maximum absolute atomic E-state index is 12.9. The lowest BCUT2D eigenvalue weighted by molar-refractivity contribution is -0.161. The molecule has 1 amide bonds. The number of hydrogen-bond acceptors (Lipinski definition) is 3. The van der Waals surface area contributed by atoms with Crippen molar-refractivity contribution in [1.29, 1.82) is 0 Å². The van der Waals surface area contributed by atoms with E-state index < -0.39 is 11.8 Å². The van der Waals surface area contributed by atoms with Crippen LogP contribution in [0, 0.1) is 11.3 Å². The van der Waals surface area contributed by atoms with Crippen LogP contribution in [-0.2, 0) is 14.3 Å². The fourth-order valence-electron chi connectivity index (χ4n) is 3.83. The molecular formula is C15H23F2NO3. The van der Waals surface area contributed by atoms with Crippen LogP contribution in [0.2, 0.25) is 0 Å². The van der Waals surface area contributed by atoms with Gasteiger partial charge in [-0.25, -0.2) is 8.78 Å². The minimum atomic E-state index is -2.62. The largest absolute Gasteiger partial charge is 0.382 e. The third-order valence-corrected chi connectivity index (χ3v) is 5.21. The van der Waals surface area contributed by atoms with E-state index in [1.807, 2.05) is 0 Å². The summed E-state index contributed by atoms with van der Waals surface area (Å²) in [7, 11) is 1.67. The summed E-state index contributed by atoms with van der Waals surface area (Å²) in [4.78, 5) is 14.0. The number of ether oxygens (including phenoxy) is 2. The topological polar surface area (TPSA) is 38.8 Å². The minimum absolute atomic E-state index is 0.0804. The zero-order valence-corrected chi connectivity index (χ0v) is 12.4. The number of carbonyl (C=O) groups is 1. The van der Waals surface area contributed by atoms with Crippen molar-refractivity contribution in [2.45, 2.75) is 44.1 Å². The number of alkyl halides is 2. The first kappa shape index (κ1) is 15.2. The highest BCUT2D eigenvalue weighted by atomic mass is 19.3. The summed E-state index contributed by atoms with van der Waals surface area (Å²) in [6.45, 7) is 2.68. The Balaban J connectivity index is 1.48. The number of carbonyl (C=O) groups excluding carboxylic acids is 1. The highest BCUT2D eigenvalue weighted by Crippen LogP contribution is 2.45. The van der Waals surface area contributed by atoms with E-state index in [9.17, 15) is 13.6 Å². The molecule has 21 heavy (non-hydrogen) atoms. The van der Waals surface area contributed by atoms with Gasteiger partial charge in [0.05, 0.1) is 19.3 Å². The van der Waals surface area contributed by atoms with E-state index in [0.717, 1.165) is 25.9 Å². The van der Waals surface area contributed by atoms with E-state index in [2.05, 4.69) is 0 Å². The van der Waals surface area contributed by atoms with Crippen molar-refractivity contribution in [2.24, 2.45) is 11.3 Å². The number of rotatable bonds is 3. The van der Waals surface area contributed by atoms with Crippen molar-refractivity contribution in [3.8, 4) is 0 Å². The first-order valence-corrected chi connectivity index (χ1v) is 7.70. The number of nitrogens with zero attached hydrogens (tertiary/aromatic N) is 1. The molecule has 1 spiro atoms. The van der Waals surface area contributed by atoms with Crippen LogP contribution in [0.25, 0.3) is 0 Å². The summed E-state index contributed by atoms with van der Waals surface area (Å²) in [5.74, 6) is -3.16. The molecule has 0 aromatic heterocycles. The summed E-state index contributed by atoms with van der Waals surface area (Å²) in [6.07, 6.45) is 2.40. The Kier molecular flexibility index (Phi) is 3.94. The second kappa shape index (κ2) is 5.47. The summed E-state index contributed by atoms with van der Waals surface area (Å²) in [5, 5.41) is 0. The second-order valence-electron chi connectivity index (χ2n) is 6.88. The average molecular weight is 303 g/mol. The molecule has 2 heterocycles. The first-order valence-electron chi connectivity index (χ1n) is 7.70. The number of piperidine rings is 1. The van der Waals surface area contributed by atoms with Gasteiger partial charge in [-0.15, -0.1) is 0 Å². The van der Waals surface area contributed by atoms with E-state index in [1.54, 1.807) is 12.0 Å². The van der Waals surface area contributed by atoms with Crippen LogP contribution in [-0.4, -0.2) is 56.2 Å². The first-order chi connectivity index (χ1) is 9.93. The van der Waals surface area contributed by atoms with Crippen LogP contribution in [0.4, 0.5) is 8.78 Å². The van der Waals surface area contributed by atoms with Crippen LogP contribution in [0.15, 0.2) is 0 Å². The summed E-state index contributed by atoms with van der Waals surface area (Å²) >= 11 is 0. The zero-order valence-electron chi connectivity index (χ0n) is 12.4. The van der Waals surface area contributed by atoms with Gasteiger partial charge in [0.25, 0.3) is 0 Å². The molecule has 0 radical (unpaired) electrons. The molecule has 3 rings (SSSR count). The standard InChI is InChI=1S/C15H23F2NO3/c1-20-9-12-8-14(10-21-12)2-4-18(5-3-14)13(19)11-6-15(16,17)7-11/h11-12H,2-10H2,1H3/t12-/m0/s1. The van der Waals surface area contributed by atoms with Gasteiger partial charge in [0, 0.05) is 39.0 Å². The fourth-order valence-corrected chi connectivity index (χ4v) is 3.83. The minimum Gasteiger partial charge on any atom is -0.382 e. The normalized spacial score (nSPS) is 31.4. The van der Waals surface area contributed by atoms with Gasteiger partial charge >= 0.3 is 0 Å². The molecule has 1 atom stereocenters. The van der Waals surface area contributed by atoms with Crippen molar-refractivity contribution in [3.05, 3.63) is 0 Å². The lowest BCUT2D eigenvalue weighted by atomic mass is 9.75. The van der Waals surface area contributed by atoms with E-state index in [0.29, 0.717) is 19.7 Å². The molecule has 0 bridgehead atoms. The lowest BCUT2D eigenvalue weighted by Crippen LogP contribution is -2.50. The lowest BCUT2D eigenvalue weighted by Gasteiger charge is -2.42. The summed E-state index contributed by atoms with van der Waals surface area (Å²) in [6, 6.07) is 0. The predicted octanol–water partition coefficient (Wildman–Crippen LogP) is 2.08. The number of halogens is 2. The Morgan fingerprint density at radius 2 is 1.95 bits per heavy atom. The van der Waals surface area contributed by atoms with E-state index in [-0.39, 0.29) is 30.3 Å². The van der Waals surface area contributed by atoms with Gasteiger partial charge in [-0.05, 0) is 24.7 Å². The van der Waals surface area contributed by atoms with E-state index >= 15 is 0 Å². The molecule has 0 unspecified atom stereocenters. The smallest absolute Gasteiger partial charge is 0.249 e. The van der Waals surface area contributed by atoms with Crippen molar-refractivity contribution in [1.82, 2.24) is 4.90 Å². The summed E-state index contributed by atoms with van der Waals surface area (Å²) < 4.78 is 36.6. The molecule has 2 aliphatic heterocycles. The molecule has 4 nitrogen and oxygen atoms in total. The highest BCUT2D eigenvalue weighted by molar-refractivity contribution is 5.80. The quantitative estimate of drug-likeness (QED) is 0.801. The fraction of sp³-hybridized carbons (Fsp3) is 0.933. The van der Waals surface area contributed by atoms with Gasteiger partial charge in [-0.1, -0.05) is 0 Å². The van der Waals surface area contributed by atoms with Crippen molar-refractivity contribution in [2.75, 3.05) is 33.4 Å². The molecule has 1 saturated carbocycles.